The van der Waals surface area contributed by atoms with Crippen LogP contribution >= 0.6 is 15.9 Å². The van der Waals surface area contributed by atoms with Gasteiger partial charge in [0.05, 0.1) is 12.7 Å². The van der Waals surface area contributed by atoms with E-state index in [0.717, 1.165) is 12.8 Å². The Balaban J connectivity index is 3.17. The summed E-state index contributed by atoms with van der Waals surface area (Å²) in [5, 5.41) is 10.3. The van der Waals surface area contributed by atoms with Crippen LogP contribution in [0.15, 0.2) is 16.6 Å². The summed E-state index contributed by atoms with van der Waals surface area (Å²) < 4.78 is 20.1. The predicted molar refractivity (Wildman–Crippen MR) is 74.3 cm³/mol. The van der Waals surface area contributed by atoms with Crippen LogP contribution in [0.4, 0.5) is 4.39 Å². The molecule has 4 heteroatoms. The third-order valence-electron chi connectivity index (χ3n) is 3.18. The van der Waals surface area contributed by atoms with Crippen LogP contribution < -0.4 is 4.74 Å². The first-order chi connectivity index (χ1) is 8.56. The van der Waals surface area contributed by atoms with E-state index < -0.39 is 11.9 Å². The molecule has 102 valence electrons. The Hall–Kier alpha value is -0.610. The first kappa shape index (κ1) is 15.4. The first-order valence-corrected chi connectivity index (χ1v) is 7.14. The zero-order chi connectivity index (χ0) is 13.7. The van der Waals surface area contributed by atoms with E-state index in [1.165, 1.54) is 0 Å². The van der Waals surface area contributed by atoms with Crippen LogP contribution in [-0.2, 0) is 0 Å². The van der Waals surface area contributed by atoms with Crippen molar-refractivity contribution < 1.29 is 14.2 Å². The van der Waals surface area contributed by atoms with E-state index in [9.17, 15) is 9.50 Å². The van der Waals surface area contributed by atoms with E-state index in [1.807, 2.05) is 13.8 Å². The molecule has 1 atom stereocenters. The van der Waals surface area contributed by atoms with Crippen molar-refractivity contribution in [2.24, 2.45) is 5.92 Å². The molecular weight excluding hydrogens is 299 g/mol. The fourth-order valence-electron chi connectivity index (χ4n) is 2.06. The van der Waals surface area contributed by atoms with Gasteiger partial charge in [-0.05, 0) is 25.0 Å². The lowest BCUT2D eigenvalue weighted by Gasteiger charge is -2.22. The molecule has 0 fully saturated rings. The lowest BCUT2D eigenvalue weighted by molar-refractivity contribution is 0.0981. The van der Waals surface area contributed by atoms with Gasteiger partial charge in [-0.2, -0.15) is 0 Å². The van der Waals surface area contributed by atoms with Gasteiger partial charge in [0.1, 0.15) is 0 Å². The number of ether oxygens (including phenoxy) is 1. The second kappa shape index (κ2) is 7.10. The van der Waals surface area contributed by atoms with Gasteiger partial charge in [0.25, 0.3) is 0 Å². The lowest BCUT2D eigenvalue weighted by atomic mass is 9.91. The molecule has 1 aromatic rings. The predicted octanol–water partition coefficient (Wildman–Crippen LogP) is 4.46. The van der Waals surface area contributed by atoms with E-state index in [0.29, 0.717) is 16.6 Å². The van der Waals surface area contributed by atoms with Gasteiger partial charge in [0.15, 0.2) is 11.6 Å². The topological polar surface area (TPSA) is 29.5 Å². The molecule has 0 spiro atoms. The van der Waals surface area contributed by atoms with Crippen molar-refractivity contribution in [3.63, 3.8) is 0 Å². The summed E-state index contributed by atoms with van der Waals surface area (Å²) in [4.78, 5) is 0. The Bertz CT molecular complexity index is 392. The fraction of sp³-hybridized carbons (Fsp3) is 0.571. The van der Waals surface area contributed by atoms with Crippen LogP contribution in [-0.4, -0.2) is 11.7 Å². The summed E-state index contributed by atoms with van der Waals surface area (Å²) in [5.41, 5.74) is 0.301. The number of benzene rings is 1. The van der Waals surface area contributed by atoms with E-state index >= 15 is 0 Å². The van der Waals surface area contributed by atoms with E-state index in [-0.39, 0.29) is 11.7 Å². The zero-order valence-electron chi connectivity index (χ0n) is 11.0. The molecule has 0 aliphatic carbocycles. The molecule has 0 saturated carbocycles. The fourth-order valence-corrected chi connectivity index (χ4v) is 2.60. The quantitative estimate of drug-likeness (QED) is 0.839. The minimum absolute atomic E-state index is 0.0488. The highest BCUT2D eigenvalue weighted by Gasteiger charge is 2.25. The van der Waals surface area contributed by atoms with Gasteiger partial charge in [0.2, 0.25) is 0 Å². The van der Waals surface area contributed by atoms with E-state index in [4.69, 9.17) is 4.74 Å². The maximum Gasteiger partial charge on any atom is 0.171 e. The van der Waals surface area contributed by atoms with Crippen molar-refractivity contribution in [2.75, 3.05) is 6.61 Å². The molecule has 1 aromatic carbocycles. The summed E-state index contributed by atoms with van der Waals surface area (Å²) >= 11 is 3.30. The molecular formula is C14H20BrFO2. The van der Waals surface area contributed by atoms with E-state index in [2.05, 4.69) is 15.9 Å². The van der Waals surface area contributed by atoms with Gasteiger partial charge in [-0.15, -0.1) is 0 Å². The van der Waals surface area contributed by atoms with Gasteiger partial charge in [0, 0.05) is 10.0 Å². The number of aliphatic hydroxyl groups excluding tert-OH is 1. The number of halogens is 2. The lowest BCUT2D eigenvalue weighted by Crippen LogP contribution is -2.14. The maximum absolute atomic E-state index is 14.3. The Morgan fingerprint density at radius 1 is 1.28 bits per heavy atom. The van der Waals surface area contributed by atoms with Crippen molar-refractivity contribution in [1.82, 2.24) is 0 Å². The average molecular weight is 319 g/mol. The molecule has 0 bridgehead atoms. The van der Waals surface area contributed by atoms with Crippen LogP contribution in [0.25, 0.3) is 0 Å². The van der Waals surface area contributed by atoms with Crippen molar-refractivity contribution in [3.05, 3.63) is 28.0 Å². The van der Waals surface area contributed by atoms with Gasteiger partial charge >= 0.3 is 0 Å². The molecule has 1 unspecified atom stereocenters. The van der Waals surface area contributed by atoms with Gasteiger partial charge < -0.3 is 9.84 Å². The van der Waals surface area contributed by atoms with Crippen LogP contribution in [0.1, 0.15) is 45.3 Å². The molecule has 1 N–H and O–H groups in total. The highest BCUT2D eigenvalue weighted by Crippen LogP contribution is 2.37. The van der Waals surface area contributed by atoms with Gasteiger partial charge in [-0.25, -0.2) is 4.39 Å². The Labute approximate surface area is 116 Å². The normalized spacial score (nSPS) is 12.8. The summed E-state index contributed by atoms with van der Waals surface area (Å²) in [6, 6.07) is 3.29. The van der Waals surface area contributed by atoms with Crippen LogP contribution in [0, 0.1) is 11.7 Å². The number of aliphatic hydroxyl groups is 1. The third kappa shape index (κ3) is 3.23. The Morgan fingerprint density at radius 2 is 1.89 bits per heavy atom. The minimum Gasteiger partial charge on any atom is -0.491 e. The highest BCUT2D eigenvalue weighted by molar-refractivity contribution is 9.10. The van der Waals surface area contributed by atoms with Crippen LogP contribution in [0.5, 0.6) is 5.75 Å². The van der Waals surface area contributed by atoms with Crippen LogP contribution in [0.2, 0.25) is 0 Å². The second-order valence-corrected chi connectivity index (χ2v) is 5.08. The molecule has 0 heterocycles. The molecule has 2 nitrogen and oxygen atoms in total. The molecule has 0 aromatic heterocycles. The Morgan fingerprint density at radius 3 is 2.39 bits per heavy atom. The molecule has 0 aliphatic rings. The van der Waals surface area contributed by atoms with Crippen molar-refractivity contribution in [2.45, 2.75) is 39.7 Å². The monoisotopic (exact) mass is 318 g/mol. The molecule has 0 amide bonds. The molecule has 0 saturated heterocycles. The van der Waals surface area contributed by atoms with Gasteiger partial charge in [-0.1, -0.05) is 42.6 Å². The summed E-state index contributed by atoms with van der Waals surface area (Å²) in [5.74, 6) is -0.223. The van der Waals surface area contributed by atoms with Gasteiger partial charge in [-0.3, -0.25) is 0 Å². The Kier molecular flexibility index (Phi) is 6.09. The van der Waals surface area contributed by atoms with Crippen molar-refractivity contribution >= 4 is 15.9 Å². The summed E-state index contributed by atoms with van der Waals surface area (Å²) in [6.07, 6.45) is 0.806. The largest absolute Gasteiger partial charge is 0.491 e. The van der Waals surface area contributed by atoms with Crippen molar-refractivity contribution in [3.8, 4) is 5.75 Å². The highest BCUT2D eigenvalue weighted by atomic mass is 79.9. The molecule has 0 radical (unpaired) electrons. The second-order valence-electron chi connectivity index (χ2n) is 4.23. The molecule has 1 rings (SSSR count). The molecule has 0 aliphatic heterocycles. The SMILES string of the molecule is CCOc1ccc(Br)c(C(O)C(CC)CC)c1F. The van der Waals surface area contributed by atoms with E-state index in [1.54, 1.807) is 19.1 Å². The zero-order valence-corrected chi connectivity index (χ0v) is 12.6. The third-order valence-corrected chi connectivity index (χ3v) is 3.87. The smallest absolute Gasteiger partial charge is 0.171 e. The number of hydrogen-bond acceptors (Lipinski definition) is 2. The first-order valence-electron chi connectivity index (χ1n) is 6.35. The standard InChI is InChI=1S/C14H20BrFO2/c1-4-9(5-2)14(17)12-10(15)7-8-11(13(12)16)18-6-3/h7-9,14,17H,4-6H2,1-3H3. The maximum atomic E-state index is 14.3. The number of hydrogen-bond donors (Lipinski definition) is 1. The summed E-state index contributed by atoms with van der Waals surface area (Å²) in [6.45, 7) is 6.20. The summed E-state index contributed by atoms with van der Waals surface area (Å²) in [7, 11) is 0. The number of rotatable bonds is 6. The van der Waals surface area contributed by atoms with Crippen molar-refractivity contribution in [1.29, 1.82) is 0 Å². The van der Waals surface area contributed by atoms with Crippen LogP contribution in [0.3, 0.4) is 0 Å². The average Bonchev–Trinajstić information content (AvgIpc) is 2.35. The minimum atomic E-state index is -0.810. The molecule has 18 heavy (non-hydrogen) atoms.